The summed E-state index contributed by atoms with van der Waals surface area (Å²) in [5, 5.41) is 8.81. The number of furan rings is 1. The monoisotopic (exact) mass is 269 g/mol. The zero-order valence-corrected chi connectivity index (χ0v) is 10.5. The molecule has 0 unspecified atom stereocenters. The number of rotatable bonds is 3. The molecular weight excluding hydrogens is 258 g/mol. The number of hydrogen-bond donors (Lipinski definition) is 1. The number of hydrogen-bond acceptors (Lipinski definition) is 3. The van der Waals surface area contributed by atoms with Gasteiger partial charge in [-0.1, -0.05) is 24.8 Å². The number of carbonyl (C=O) groups excluding carboxylic acids is 1. The summed E-state index contributed by atoms with van der Waals surface area (Å²) in [7, 11) is 0. The van der Waals surface area contributed by atoms with Gasteiger partial charge in [0.15, 0.2) is 0 Å². The maximum atomic E-state index is 12.3. The lowest BCUT2D eigenvalue weighted by molar-refractivity contribution is 0.0659. The molecule has 1 amide bonds. The van der Waals surface area contributed by atoms with E-state index >= 15 is 0 Å². The van der Waals surface area contributed by atoms with Crippen LogP contribution in [0.1, 0.15) is 32.2 Å². The topological polar surface area (TPSA) is 70.8 Å². The summed E-state index contributed by atoms with van der Waals surface area (Å²) in [5.74, 6) is -1.02. The van der Waals surface area contributed by atoms with E-state index in [1.54, 1.807) is 18.2 Å². The third kappa shape index (κ3) is 1.80. The van der Waals surface area contributed by atoms with Gasteiger partial charge >= 0.3 is 5.97 Å². The second-order valence-electron chi connectivity index (χ2n) is 4.45. The molecule has 1 aromatic heterocycles. The summed E-state index contributed by atoms with van der Waals surface area (Å²) in [6, 6.07) is 10.1. The number of carboxylic acids is 1. The zero-order chi connectivity index (χ0) is 14.3. The van der Waals surface area contributed by atoms with Crippen LogP contribution in [0.3, 0.4) is 0 Å². The van der Waals surface area contributed by atoms with Gasteiger partial charge in [-0.2, -0.15) is 0 Å². The van der Waals surface area contributed by atoms with Crippen LogP contribution in [0.5, 0.6) is 0 Å². The smallest absolute Gasteiger partial charge is 0.371 e. The van der Waals surface area contributed by atoms with Crippen LogP contribution in [0, 0.1) is 0 Å². The number of aromatic carboxylic acids is 1. The van der Waals surface area contributed by atoms with Crippen molar-refractivity contribution in [3.8, 4) is 0 Å². The van der Waals surface area contributed by atoms with Gasteiger partial charge in [-0.3, -0.25) is 4.79 Å². The molecule has 0 saturated carbocycles. The average molecular weight is 269 g/mol. The number of nitrogens with zero attached hydrogens (tertiary/aromatic N) is 1. The van der Waals surface area contributed by atoms with Crippen LogP contribution in [0.15, 0.2) is 47.4 Å². The molecule has 0 bridgehead atoms. The Balaban J connectivity index is 1.87. The lowest BCUT2D eigenvalue weighted by Gasteiger charge is -2.15. The van der Waals surface area contributed by atoms with Gasteiger partial charge in [-0.05, 0) is 18.2 Å². The Hall–Kier alpha value is -2.82. The Morgan fingerprint density at radius 2 is 1.90 bits per heavy atom. The largest absolute Gasteiger partial charge is 0.475 e. The zero-order valence-electron chi connectivity index (χ0n) is 10.5. The summed E-state index contributed by atoms with van der Waals surface area (Å²) in [6.07, 6.45) is 0. The minimum Gasteiger partial charge on any atom is -0.475 e. The fraction of sp³-hybridized carbons (Fsp3) is 0.0667. The van der Waals surface area contributed by atoms with Crippen molar-refractivity contribution >= 4 is 17.6 Å². The number of carbonyl (C=O) groups is 2. The standard InChI is InChI=1S/C15H11NO4/c1-9-11-4-2-3-5-12(11)14(17)16(9)8-10-6-7-13(20-10)15(18)19/h2-7H,1,8H2,(H,18,19). The molecule has 1 aromatic carbocycles. The number of carboxylic acid groups (broad SMARTS) is 1. The SMILES string of the molecule is C=C1c2ccccc2C(=O)N1Cc1ccc(C(=O)O)o1. The third-order valence-corrected chi connectivity index (χ3v) is 3.23. The van der Waals surface area contributed by atoms with Gasteiger partial charge in [0.05, 0.1) is 6.54 Å². The second kappa shape index (κ2) is 4.38. The van der Waals surface area contributed by atoms with Crippen molar-refractivity contribution in [2.45, 2.75) is 6.54 Å². The quantitative estimate of drug-likeness (QED) is 0.929. The van der Waals surface area contributed by atoms with E-state index in [2.05, 4.69) is 6.58 Å². The van der Waals surface area contributed by atoms with Crippen LogP contribution in [-0.2, 0) is 6.54 Å². The predicted molar refractivity (Wildman–Crippen MR) is 71.0 cm³/mol. The number of amides is 1. The minimum absolute atomic E-state index is 0.144. The Labute approximate surface area is 114 Å². The highest BCUT2D eigenvalue weighted by molar-refractivity contribution is 6.08. The molecule has 20 heavy (non-hydrogen) atoms. The molecule has 1 aliphatic heterocycles. The maximum absolute atomic E-state index is 12.3. The van der Waals surface area contributed by atoms with E-state index in [-0.39, 0.29) is 18.2 Å². The second-order valence-corrected chi connectivity index (χ2v) is 4.45. The molecule has 0 spiro atoms. The molecule has 1 N–H and O–H groups in total. The molecule has 1 aliphatic rings. The van der Waals surface area contributed by atoms with E-state index in [9.17, 15) is 9.59 Å². The molecule has 5 heteroatoms. The molecule has 100 valence electrons. The van der Waals surface area contributed by atoms with Crippen molar-refractivity contribution in [3.63, 3.8) is 0 Å². The first-order valence-electron chi connectivity index (χ1n) is 6.00. The summed E-state index contributed by atoms with van der Waals surface area (Å²) in [5.41, 5.74) is 1.99. The van der Waals surface area contributed by atoms with E-state index < -0.39 is 5.97 Å². The van der Waals surface area contributed by atoms with Crippen molar-refractivity contribution in [2.24, 2.45) is 0 Å². The van der Waals surface area contributed by atoms with Gasteiger partial charge in [-0.15, -0.1) is 0 Å². The summed E-state index contributed by atoms with van der Waals surface area (Å²) in [6.45, 7) is 4.08. The van der Waals surface area contributed by atoms with Crippen LogP contribution in [0.25, 0.3) is 5.70 Å². The van der Waals surface area contributed by atoms with E-state index in [4.69, 9.17) is 9.52 Å². The lowest BCUT2D eigenvalue weighted by atomic mass is 10.1. The summed E-state index contributed by atoms with van der Waals surface area (Å²) < 4.78 is 5.17. The molecule has 5 nitrogen and oxygen atoms in total. The van der Waals surface area contributed by atoms with Crippen LogP contribution < -0.4 is 0 Å². The first-order valence-corrected chi connectivity index (χ1v) is 6.00. The van der Waals surface area contributed by atoms with E-state index in [0.29, 0.717) is 17.0 Å². The molecule has 3 rings (SSSR count). The van der Waals surface area contributed by atoms with Crippen molar-refractivity contribution in [1.29, 1.82) is 0 Å². The van der Waals surface area contributed by atoms with E-state index in [1.165, 1.54) is 11.0 Å². The Morgan fingerprint density at radius 1 is 1.20 bits per heavy atom. The van der Waals surface area contributed by atoms with Crippen LogP contribution in [0.2, 0.25) is 0 Å². The fourth-order valence-corrected chi connectivity index (χ4v) is 2.24. The van der Waals surface area contributed by atoms with Crippen molar-refractivity contribution in [3.05, 3.63) is 65.6 Å². The van der Waals surface area contributed by atoms with Gasteiger partial charge in [0.25, 0.3) is 5.91 Å². The molecule has 0 aliphatic carbocycles. The van der Waals surface area contributed by atoms with Gasteiger partial charge in [0.1, 0.15) is 5.76 Å². The molecule has 0 fully saturated rings. The van der Waals surface area contributed by atoms with Gasteiger partial charge in [0.2, 0.25) is 5.76 Å². The van der Waals surface area contributed by atoms with Crippen molar-refractivity contribution < 1.29 is 19.1 Å². The predicted octanol–water partition coefficient (Wildman–Crippen LogP) is 2.60. The van der Waals surface area contributed by atoms with Crippen LogP contribution in [-0.4, -0.2) is 21.9 Å². The van der Waals surface area contributed by atoms with Gasteiger partial charge in [-0.25, -0.2) is 4.79 Å². The number of benzene rings is 1. The number of fused-ring (bicyclic) bond motifs is 1. The third-order valence-electron chi connectivity index (χ3n) is 3.23. The van der Waals surface area contributed by atoms with E-state index in [1.807, 2.05) is 12.1 Å². The minimum atomic E-state index is -1.13. The molecular formula is C15H11NO4. The molecule has 0 saturated heterocycles. The first-order chi connectivity index (χ1) is 9.58. The highest BCUT2D eigenvalue weighted by atomic mass is 16.4. The molecule has 2 heterocycles. The highest BCUT2D eigenvalue weighted by Gasteiger charge is 2.31. The maximum Gasteiger partial charge on any atom is 0.371 e. The highest BCUT2D eigenvalue weighted by Crippen LogP contribution is 2.32. The molecule has 0 radical (unpaired) electrons. The van der Waals surface area contributed by atoms with Crippen molar-refractivity contribution in [1.82, 2.24) is 4.90 Å². The Kier molecular flexibility index (Phi) is 2.68. The Bertz CT molecular complexity index is 694. The summed E-state index contributed by atoms with van der Waals surface area (Å²) >= 11 is 0. The first kappa shape index (κ1) is 12.2. The average Bonchev–Trinajstić information content (AvgIpc) is 3.00. The summed E-state index contributed by atoms with van der Waals surface area (Å²) in [4.78, 5) is 24.5. The Morgan fingerprint density at radius 3 is 2.50 bits per heavy atom. The lowest BCUT2D eigenvalue weighted by Crippen LogP contribution is -2.21. The fourth-order valence-electron chi connectivity index (χ4n) is 2.24. The van der Waals surface area contributed by atoms with Gasteiger partial charge < -0.3 is 14.4 Å². The molecule has 2 aromatic rings. The van der Waals surface area contributed by atoms with E-state index in [0.717, 1.165) is 5.56 Å². The van der Waals surface area contributed by atoms with Crippen molar-refractivity contribution in [2.75, 3.05) is 0 Å². The van der Waals surface area contributed by atoms with Crippen LogP contribution >= 0.6 is 0 Å². The normalized spacial score (nSPS) is 13.7. The van der Waals surface area contributed by atoms with Crippen LogP contribution in [0.4, 0.5) is 0 Å². The molecule has 0 atom stereocenters. The van der Waals surface area contributed by atoms with Gasteiger partial charge in [0, 0.05) is 16.8 Å².